The minimum Gasteiger partial charge on any atom is -0.465 e. The Morgan fingerprint density at radius 2 is 1.83 bits per heavy atom. The van der Waals surface area contributed by atoms with Gasteiger partial charge in [-0.05, 0) is 36.6 Å². The van der Waals surface area contributed by atoms with Crippen LogP contribution in [0.15, 0.2) is 53.4 Å². The summed E-state index contributed by atoms with van der Waals surface area (Å²) in [6, 6.07) is 13.5. The van der Waals surface area contributed by atoms with Crippen molar-refractivity contribution in [2.75, 3.05) is 7.11 Å². The zero-order chi connectivity index (χ0) is 17.7. The highest BCUT2D eigenvalue weighted by molar-refractivity contribution is 7.89. The number of hydrogen-bond acceptors (Lipinski definition) is 4. The largest absolute Gasteiger partial charge is 0.465 e. The fraction of sp³-hybridized carbons (Fsp3) is 0.278. The van der Waals surface area contributed by atoms with Gasteiger partial charge in [0.15, 0.2) is 0 Å². The molecule has 128 valence electrons. The molecule has 2 rings (SSSR count). The van der Waals surface area contributed by atoms with Crippen LogP contribution in [0.1, 0.15) is 40.9 Å². The van der Waals surface area contributed by atoms with E-state index in [1.807, 2.05) is 37.3 Å². The SMILES string of the molecule is CC[C@H](NS(=O)(=O)c1ccc(C)c(C(=O)OC)c1)c1ccccc1. The van der Waals surface area contributed by atoms with E-state index in [1.165, 1.54) is 19.2 Å². The number of rotatable bonds is 6. The van der Waals surface area contributed by atoms with E-state index in [1.54, 1.807) is 13.0 Å². The van der Waals surface area contributed by atoms with E-state index < -0.39 is 16.0 Å². The van der Waals surface area contributed by atoms with Gasteiger partial charge >= 0.3 is 5.97 Å². The summed E-state index contributed by atoms with van der Waals surface area (Å²) in [6.07, 6.45) is 0.610. The van der Waals surface area contributed by atoms with Gasteiger partial charge in [0, 0.05) is 6.04 Å². The Morgan fingerprint density at radius 3 is 2.42 bits per heavy atom. The van der Waals surface area contributed by atoms with Gasteiger partial charge in [0.05, 0.1) is 17.6 Å². The van der Waals surface area contributed by atoms with Crippen molar-refractivity contribution in [2.24, 2.45) is 0 Å². The molecular formula is C18H21NO4S. The minimum atomic E-state index is -3.76. The molecule has 2 aromatic carbocycles. The lowest BCUT2D eigenvalue weighted by Crippen LogP contribution is -2.28. The van der Waals surface area contributed by atoms with Crippen LogP contribution >= 0.6 is 0 Å². The van der Waals surface area contributed by atoms with Crippen molar-refractivity contribution in [3.63, 3.8) is 0 Å². The van der Waals surface area contributed by atoms with Gasteiger partial charge < -0.3 is 4.74 Å². The van der Waals surface area contributed by atoms with Gasteiger partial charge in [0.1, 0.15) is 0 Å². The molecule has 0 bridgehead atoms. The van der Waals surface area contributed by atoms with Crippen LogP contribution < -0.4 is 4.72 Å². The van der Waals surface area contributed by atoms with Crippen LogP contribution in [0.5, 0.6) is 0 Å². The second kappa shape index (κ2) is 7.59. The van der Waals surface area contributed by atoms with Crippen molar-refractivity contribution in [1.29, 1.82) is 0 Å². The third-order valence-corrected chi connectivity index (χ3v) is 5.30. The molecule has 0 aromatic heterocycles. The maximum absolute atomic E-state index is 12.7. The van der Waals surface area contributed by atoms with Gasteiger partial charge in [-0.25, -0.2) is 17.9 Å². The number of methoxy groups -OCH3 is 1. The highest BCUT2D eigenvalue weighted by Gasteiger charge is 2.22. The van der Waals surface area contributed by atoms with Gasteiger partial charge in [0.2, 0.25) is 10.0 Å². The van der Waals surface area contributed by atoms with Crippen molar-refractivity contribution in [3.05, 3.63) is 65.2 Å². The molecular weight excluding hydrogens is 326 g/mol. The van der Waals surface area contributed by atoms with Crippen molar-refractivity contribution in [1.82, 2.24) is 4.72 Å². The van der Waals surface area contributed by atoms with Crippen LogP contribution in [0.25, 0.3) is 0 Å². The molecule has 0 aliphatic heterocycles. The molecule has 0 saturated heterocycles. The van der Waals surface area contributed by atoms with Crippen LogP contribution in [0.4, 0.5) is 0 Å². The number of sulfonamides is 1. The van der Waals surface area contributed by atoms with Crippen LogP contribution in [0.3, 0.4) is 0 Å². The van der Waals surface area contributed by atoms with Gasteiger partial charge in [-0.1, -0.05) is 43.3 Å². The smallest absolute Gasteiger partial charge is 0.338 e. The summed E-state index contributed by atoms with van der Waals surface area (Å²) in [5.41, 5.74) is 1.80. The number of benzene rings is 2. The fourth-order valence-corrected chi connectivity index (χ4v) is 3.76. The maximum Gasteiger partial charge on any atom is 0.338 e. The molecule has 0 aliphatic carbocycles. The summed E-state index contributed by atoms with van der Waals surface area (Å²) in [5, 5.41) is 0. The van der Waals surface area contributed by atoms with Crippen molar-refractivity contribution in [3.8, 4) is 0 Å². The zero-order valence-corrected chi connectivity index (χ0v) is 14.8. The number of carbonyl (C=O) groups is 1. The lowest BCUT2D eigenvalue weighted by atomic mass is 10.1. The first-order valence-electron chi connectivity index (χ1n) is 7.65. The lowest BCUT2D eigenvalue weighted by molar-refractivity contribution is 0.0599. The summed E-state index contributed by atoms with van der Waals surface area (Å²) >= 11 is 0. The van der Waals surface area contributed by atoms with Gasteiger partial charge in [-0.3, -0.25) is 0 Å². The predicted molar refractivity (Wildman–Crippen MR) is 92.3 cm³/mol. The third-order valence-electron chi connectivity index (χ3n) is 3.83. The molecule has 1 N–H and O–H groups in total. The Bertz CT molecular complexity index is 816. The molecule has 5 nitrogen and oxygen atoms in total. The zero-order valence-electron chi connectivity index (χ0n) is 13.9. The highest BCUT2D eigenvalue weighted by atomic mass is 32.2. The molecule has 0 saturated carbocycles. The van der Waals surface area contributed by atoms with Gasteiger partial charge in [-0.2, -0.15) is 0 Å². The predicted octanol–water partition coefficient (Wildman–Crippen LogP) is 3.21. The molecule has 24 heavy (non-hydrogen) atoms. The number of aryl methyl sites for hydroxylation is 1. The number of ether oxygens (including phenoxy) is 1. The van der Waals surface area contributed by atoms with Gasteiger partial charge in [0.25, 0.3) is 0 Å². The van der Waals surface area contributed by atoms with Crippen molar-refractivity contribution in [2.45, 2.75) is 31.2 Å². The highest BCUT2D eigenvalue weighted by Crippen LogP contribution is 2.22. The van der Waals surface area contributed by atoms with E-state index in [9.17, 15) is 13.2 Å². The molecule has 6 heteroatoms. The second-order valence-corrected chi connectivity index (χ2v) is 7.18. The first-order valence-corrected chi connectivity index (χ1v) is 9.13. The Balaban J connectivity index is 2.35. The molecule has 0 amide bonds. The van der Waals surface area contributed by atoms with Crippen LogP contribution in [0, 0.1) is 6.92 Å². The third kappa shape index (κ3) is 4.01. The molecule has 0 unspecified atom stereocenters. The van der Waals surface area contributed by atoms with E-state index in [-0.39, 0.29) is 16.5 Å². The summed E-state index contributed by atoms with van der Waals surface area (Å²) in [4.78, 5) is 11.8. The van der Waals surface area contributed by atoms with E-state index in [0.717, 1.165) is 5.56 Å². The number of nitrogens with one attached hydrogen (secondary N) is 1. The molecule has 2 aromatic rings. The topological polar surface area (TPSA) is 72.5 Å². The second-order valence-electron chi connectivity index (χ2n) is 5.46. The summed E-state index contributed by atoms with van der Waals surface area (Å²) in [6.45, 7) is 3.64. The van der Waals surface area contributed by atoms with E-state index >= 15 is 0 Å². The summed E-state index contributed by atoms with van der Waals surface area (Å²) < 4.78 is 32.8. The summed E-state index contributed by atoms with van der Waals surface area (Å²) in [7, 11) is -2.49. The molecule has 0 radical (unpaired) electrons. The normalized spacial score (nSPS) is 12.6. The Hall–Kier alpha value is -2.18. The molecule has 0 fully saturated rings. The lowest BCUT2D eigenvalue weighted by Gasteiger charge is -2.18. The average molecular weight is 347 g/mol. The average Bonchev–Trinajstić information content (AvgIpc) is 2.60. The number of carbonyl (C=O) groups excluding carboxylic acids is 1. The van der Waals surface area contributed by atoms with Crippen LogP contribution in [0.2, 0.25) is 0 Å². The quantitative estimate of drug-likeness (QED) is 0.815. The van der Waals surface area contributed by atoms with Crippen molar-refractivity contribution < 1.29 is 17.9 Å². The Morgan fingerprint density at radius 1 is 1.17 bits per heavy atom. The maximum atomic E-state index is 12.7. The van der Waals surface area contributed by atoms with E-state index in [2.05, 4.69) is 4.72 Å². The minimum absolute atomic E-state index is 0.0443. The number of esters is 1. The monoisotopic (exact) mass is 347 g/mol. The fourth-order valence-electron chi connectivity index (χ4n) is 2.43. The Kier molecular flexibility index (Phi) is 5.75. The van der Waals surface area contributed by atoms with Crippen LogP contribution in [-0.4, -0.2) is 21.5 Å². The molecule has 0 aliphatic rings. The first kappa shape index (κ1) is 18.2. The first-order chi connectivity index (χ1) is 11.4. The van der Waals surface area contributed by atoms with E-state index in [4.69, 9.17) is 4.74 Å². The standard InChI is InChI=1S/C18H21NO4S/c1-4-17(14-8-6-5-7-9-14)19-24(21,22)15-11-10-13(2)16(12-15)18(20)23-3/h5-12,17,19H,4H2,1-3H3/t17-/m0/s1. The number of hydrogen-bond donors (Lipinski definition) is 1. The molecule has 1 atom stereocenters. The van der Waals surface area contributed by atoms with Crippen molar-refractivity contribution >= 4 is 16.0 Å². The Labute approximate surface area is 142 Å². The summed E-state index contributed by atoms with van der Waals surface area (Å²) in [5.74, 6) is -0.556. The van der Waals surface area contributed by atoms with E-state index in [0.29, 0.717) is 12.0 Å². The van der Waals surface area contributed by atoms with Crippen LogP contribution in [-0.2, 0) is 14.8 Å². The molecule has 0 spiro atoms. The van der Waals surface area contributed by atoms with Gasteiger partial charge in [-0.15, -0.1) is 0 Å². The molecule has 0 heterocycles.